The molecule has 0 bridgehead atoms. The lowest BCUT2D eigenvalue weighted by Gasteiger charge is -2.36. The third-order valence-electron chi connectivity index (χ3n) is 5.52. The topological polar surface area (TPSA) is 64.3 Å². The van der Waals surface area contributed by atoms with E-state index in [2.05, 4.69) is 29.0 Å². The Bertz CT molecular complexity index is 614. The van der Waals surface area contributed by atoms with Gasteiger partial charge in [-0.25, -0.2) is 0 Å². The third kappa shape index (κ3) is 6.10. The molecule has 7 nitrogen and oxygen atoms in total. The molecular formula is C20H34IN5O2. The maximum atomic E-state index is 12.4. The maximum absolute atomic E-state index is 12.4. The first-order chi connectivity index (χ1) is 13.2. The van der Waals surface area contributed by atoms with E-state index in [0.717, 1.165) is 38.7 Å². The van der Waals surface area contributed by atoms with Gasteiger partial charge >= 0.3 is 0 Å². The molecule has 0 aromatic carbocycles. The monoisotopic (exact) mass is 503 g/mol. The van der Waals surface area contributed by atoms with Crippen LogP contribution in [0.3, 0.4) is 0 Å². The minimum Gasteiger partial charge on any atom is -0.459 e. The van der Waals surface area contributed by atoms with Gasteiger partial charge in [-0.1, -0.05) is 6.42 Å². The van der Waals surface area contributed by atoms with Gasteiger partial charge in [-0.2, -0.15) is 0 Å². The van der Waals surface area contributed by atoms with Gasteiger partial charge in [0.25, 0.3) is 5.91 Å². The van der Waals surface area contributed by atoms with Crippen molar-refractivity contribution >= 4 is 35.8 Å². The number of guanidine groups is 1. The Kier molecular flexibility index (Phi) is 9.57. The summed E-state index contributed by atoms with van der Waals surface area (Å²) in [6.45, 7) is 11.3. The van der Waals surface area contributed by atoms with E-state index in [9.17, 15) is 4.79 Å². The van der Waals surface area contributed by atoms with Crippen molar-refractivity contribution in [2.24, 2.45) is 4.99 Å². The minimum atomic E-state index is -0.0272. The van der Waals surface area contributed by atoms with Crippen LogP contribution < -0.4 is 5.32 Å². The Balaban J connectivity index is 0.00000280. The van der Waals surface area contributed by atoms with Crippen LogP contribution in [0.15, 0.2) is 27.8 Å². The number of likely N-dealkylation sites (tertiary alicyclic amines) is 1. The summed E-state index contributed by atoms with van der Waals surface area (Å²) in [7, 11) is 0. The first kappa shape index (κ1) is 23.0. The zero-order valence-electron chi connectivity index (χ0n) is 17.1. The Morgan fingerprint density at radius 3 is 2.61 bits per heavy atom. The molecule has 3 rings (SSSR count). The van der Waals surface area contributed by atoms with Gasteiger partial charge in [-0.05, 0) is 45.4 Å². The van der Waals surface area contributed by atoms with Gasteiger partial charge in [0.2, 0.25) is 0 Å². The van der Waals surface area contributed by atoms with Gasteiger partial charge in [-0.3, -0.25) is 14.7 Å². The SMILES string of the molecule is CCNC(=NCCN1CCCCC1C)N1CCN(C(=O)c2ccco2)CC1.I. The Hall–Kier alpha value is -1.29. The first-order valence-corrected chi connectivity index (χ1v) is 10.3. The van der Waals surface area contributed by atoms with E-state index in [1.165, 1.54) is 25.8 Å². The van der Waals surface area contributed by atoms with Crippen molar-refractivity contribution in [3.63, 3.8) is 0 Å². The molecule has 158 valence electrons. The maximum Gasteiger partial charge on any atom is 0.289 e. The lowest BCUT2D eigenvalue weighted by molar-refractivity contribution is 0.0657. The molecule has 1 aromatic heterocycles. The molecule has 1 N–H and O–H groups in total. The fourth-order valence-corrected chi connectivity index (χ4v) is 3.88. The molecule has 2 aliphatic rings. The molecule has 1 aromatic rings. The van der Waals surface area contributed by atoms with Crippen molar-refractivity contribution in [1.82, 2.24) is 20.0 Å². The number of rotatable bonds is 5. The fraction of sp³-hybridized carbons (Fsp3) is 0.700. The number of hydrogen-bond donors (Lipinski definition) is 1. The molecule has 1 atom stereocenters. The number of hydrogen-bond acceptors (Lipinski definition) is 4. The minimum absolute atomic E-state index is 0. The quantitative estimate of drug-likeness (QED) is 0.380. The number of carbonyl (C=O) groups excluding carboxylic acids is 1. The zero-order chi connectivity index (χ0) is 19.1. The molecule has 0 saturated carbocycles. The number of furan rings is 1. The second-order valence-corrected chi connectivity index (χ2v) is 7.37. The first-order valence-electron chi connectivity index (χ1n) is 10.3. The number of piperidine rings is 1. The van der Waals surface area contributed by atoms with E-state index in [-0.39, 0.29) is 29.9 Å². The molecule has 0 spiro atoms. The van der Waals surface area contributed by atoms with E-state index in [1.807, 2.05) is 4.90 Å². The summed E-state index contributed by atoms with van der Waals surface area (Å²) >= 11 is 0. The average Bonchev–Trinajstić information content (AvgIpc) is 3.23. The summed E-state index contributed by atoms with van der Waals surface area (Å²) in [5, 5.41) is 3.41. The van der Waals surface area contributed by atoms with Crippen LogP contribution in [0.25, 0.3) is 0 Å². The van der Waals surface area contributed by atoms with Crippen molar-refractivity contribution in [2.45, 2.75) is 39.2 Å². The highest BCUT2D eigenvalue weighted by Gasteiger charge is 2.25. The van der Waals surface area contributed by atoms with Gasteiger partial charge < -0.3 is 19.5 Å². The Labute approximate surface area is 185 Å². The number of aliphatic imine (C=N–C) groups is 1. The van der Waals surface area contributed by atoms with Gasteiger partial charge in [0.05, 0.1) is 12.8 Å². The van der Waals surface area contributed by atoms with Crippen LogP contribution in [0.2, 0.25) is 0 Å². The van der Waals surface area contributed by atoms with Crippen LogP contribution in [-0.4, -0.2) is 85.0 Å². The average molecular weight is 503 g/mol. The molecule has 2 saturated heterocycles. The summed E-state index contributed by atoms with van der Waals surface area (Å²) < 4.78 is 5.24. The highest BCUT2D eigenvalue weighted by molar-refractivity contribution is 14.0. The molecule has 0 aliphatic carbocycles. The van der Waals surface area contributed by atoms with Crippen molar-refractivity contribution < 1.29 is 9.21 Å². The van der Waals surface area contributed by atoms with Gasteiger partial charge in [0, 0.05) is 45.3 Å². The molecule has 28 heavy (non-hydrogen) atoms. The summed E-state index contributed by atoms with van der Waals surface area (Å²) in [6.07, 6.45) is 5.50. The smallest absolute Gasteiger partial charge is 0.289 e. The standard InChI is InChI=1S/C20H33N5O2.HI/c1-3-21-20(22-9-11-23-10-5-4-7-17(23)2)25-14-12-24(13-15-25)19(26)18-8-6-16-27-18;/h6,8,16-17H,3-5,7,9-15H2,1-2H3,(H,21,22);1H. The number of piperazine rings is 1. The number of nitrogens with one attached hydrogen (secondary N) is 1. The number of amides is 1. The molecule has 2 fully saturated rings. The van der Waals surface area contributed by atoms with E-state index < -0.39 is 0 Å². The molecule has 8 heteroatoms. The second-order valence-electron chi connectivity index (χ2n) is 7.37. The lowest BCUT2D eigenvalue weighted by atomic mass is 10.0. The third-order valence-corrected chi connectivity index (χ3v) is 5.52. The van der Waals surface area contributed by atoms with E-state index >= 15 is 0 Å². The zero-order valence-corrected chi connectivity index (χ0v) is 19.4. The van der Waals surface area contributed by atoms with Crippen molar-refractivity contribution in [3.8, 4) is 0 Å². The largest absolute Gasteiger partial charge is 0.459 e. The number of nitrogens with zero attached hydrogens (tertiary/aromatic N) is 4. The molecule has 3 heterocycles. The predicted molar refractivity (Wildman–Crippen MR) is 122 cm³/mol. The van der Waals surface area contributed by atoms with E-state index in [4.69, 9.17) is 9.41 Å². The van der Waals surface area contributed by atoms with Crippen molar-refractivity contribution in [1.29, 1.82) is 0 Å². The highest BCUT2D eigenvalue weighted by atomic mass is 127. The van der Waals surface area contributed by atoms with E-state index in [1.54, 1.807) is 18.4 Å². The van der Waals surface area contributed by atoms with Crippen LogP contribution in [0, 0.1) is 0 Å². The number of carbonyl (C=O) groups is 1. The van der Waals surface area contributed by atoms with Crippen LogP contribution in [0.1, 0.15) is 43.7 Å². The van der Waals surface area contributed by atoms with Gasteiger partial charge in [-0.15, -0.1) is 24.0 Å². The van der Waals surface area contributed by atoms with Crippen LogP contribution in [0.4, 0.5) is 0 Å². The predicted octanol–water partition coefficient (Wildman–Crippen LogP) is 2.50. The van der Waals surface area contributed by atoms with Gasteiger partial charge in [0.1, 0.15) is 0 Å². The van der Waals surface area contributed by atoms with Crippen molar-refractivity contribution in [2.75, 3.05) is 52.4 Å². The van der Waals surface area contributed by atoms with Crippen LogP contribution in [-0.2, 0) is 0 Å². The summed E-state index contributed by atoms with van der Waals surface area (Å²) in [4.78, 5) is 23.9. The normalized spacial score (nSPS) is 21.4. The summed E-state index contributed by atoms with van der Waals surface area (Å²) in [5.74, 6) is 1.35. The van der Waals surface area contributed by atoms with Gasteiger partial charge in [0.15, 0.2) is 11.7 Å². The highest BCUT2D eigenvalue weighted by Crippen LogP contribution is 2.15. The summed E-state index contributed by atoms with van der Waals surface area (Å²) in [6, 6.07) is 4.15. The molecule has 1 amide bonds. The second kappa shape index (κ2) is 11.6. The Morgan fingerprint density at radius 1 is 1.21 bits per heavy atom. The molecule has 1 unspecified atom stereocenters. The fourth-order valence-electron chi connectivity index (χ4n) is 3.88. The van der Waals surface area contributed by atoms with Crippen LogP contribution >= 0.6 is 24.0 Å². The molecular weight excluding hydrogens is 469 g/mol. The number of halogens is 1. The summed E-state index contributed by atoms with van der Waals surface area (Å²) in [5.41, 5.74) is 0. The van der Waals surface area contributed by atoms with Crippen LogP contribution in [0.5, 0.6) is 0 Å². The molecule has 2 aliphatic heterocycles. The molecule has 0 radical (unpaired) electrons. The van der Waals surface area contributed by atoms with Crippen molar-refractivity contribution in [3.05, 3.63) is 24.2 Å². The lowest BCUT2D eigenvalue weighted by Crippen LogP contribution is -2.54. The van der Waals surface area contributed by atoms with E-state index in [0.29, 0.717) is 24.9 Å². The Morgan fingerprint density at radius 2 is 1.96 bits per heavy atom.